The van der Waals surface area contributed by atoms with Gasteiger partial charge in [0.05, 0.1) is 5.92 Å². The predicted octanol–water partition coefficient (Wildman–Crippen LogP) is 3.08. The first-order valence-corrected chi connectivity index (χ1v) is 8.58. The van der Waals surface area contributed by atoms with Crippen LogP contribution in [0.5, 0.6) is 0 Å². The summed E-state index contributed by atoms with van der Waals surface area (Å²) in [5.41, 5.74) is 3.53. The Labute approximate surface area is 152 Å². The number of aryl methyl sites for hydroxylation is 2. The highest BCUT2D eigenvalue weighted by Gasteiger charge is 2.36. The van der Waals surface area contributed by atoms with Crippen molar-refractivity contribution in [2.75, 3.05) is 18.1 Å². The number of hydrogen-bond acceptors (Lipinski definition) is 4. The van der Waals surface area contributed by atoms with Crippen molar-refractivity contribution in [2.45, 2.75) is 20.3 Å². The molecule has 0 spiro atoms. The number of anilines is 1. The molecule has 5 heteroatoms. The summed E-state index contributed by atoms with van der Waals surface area (Å²) in [6.07, 6.45) is 0.102. The average Bonchev–Trinajstić information content (AvgIpc) is 3.04. The zero-order valence-corrected chi connectivity index (χ0v) is 14.9. The van der Waals surface area contributed by atoms with Crippen LogP contribution in [0.25, 0.3) is 0 Å². The van der Waals surface area contributed by atoms with Crippen molar-refractivity contribution in [3.8, 4) is 0 Å². The molecular weight excluding hydrogens is 330 g/mol. The molecule has 0 aliphatic carbocycles. The van der Waals surface area contributed by atoms with Crippen molar-refractivity contribution in [3.63, 3.8) is 0 Å². The molecule has 2 aromatic rings. The fraction of sp³-hybridized carbons (Fsp3) is 0.286. The molecule has 1 aliphatic heterocycles. The predicted molar refractivity (Wildman–Crippen MR) is 98.1 cm³/mol. The van der Waals surface area contributed by atoms with E-state index < -0.39 is 11.9 Å². The molecule has 0 saturated carbocycles. The third-order valence-electron chi connectivity index (χ3n) is 4.70. The molecule has 26 heavy (non-hydrogen) atoms. The van der Waals surface area contributed by atoms with Gasteiger partial charge in [-0.3, -0.25) is 14.4 Å². The maximum atomic E-state index is 12.3. The van der Waals surface area contributed by atoms with Gasteiger partial charge in [-0.2, -0.15) is 0 Å². The first kappa shape index (κ1) is 17.9. The van der Waals surface area contributed by atoms with E-state index in [1.165, 1.54) is 0 Å². The van der Waals surface area contributed by atoms with Crippen LogP contribution in [-0.4, -0.2) is 30.8 Å². The minimum Gasteiger partial charge on any atom is -0.457 e. The van der Waals surface area contributed by atoms with E-state index in [1.807, 2.05) is 38.1 Å². The Kier molecular flexibility index (Phi) is 5.16. The van der Waals surface area contributed by atoms with E-state index in [-0.39, 0.29) is 31.3 Å². The van der Waals surface area contributed by atoms with Crippen LogP contribution in [0, 0.1) is 19.8 Å². The number of hydrogen-bond donors (Lipinski definition) is 0. The van der Waals surface area contributed by atoms with Crippen molar-refractivity contribution >= 4 is 23.3 Å². The third-order valence-corrected chi connectivity index (χ3v) is 4.70. The number of amides is 1. The van der Waals surface area contributed by atoms with Gasteiger partial charge in [0.25, 0.3) is 0 Å². The number of benzene rings is 2. The standard InChI is InChI=1S/C21H21NO4/c1-14-8-9-18(10-15(14)2)22-12-17(11-20(22)24)21(25)26-13-19(23)16-6-4-3-5-7-16/h3-10,17H,11-13H2,1-2H3/t17-/m1/s1. The lowest BCUT2D eigenvalue weighted by atomic mass is 10.1. The second-order valence-corrected chi connectivity index (χ2v) is 6.57. The van der Waals surface area contributed by atoms with Crippen LogP contribution in [0.1, 0.15) is 27.9 Å². The third kappa shape index (κ3) is 3.82. The van der Waals surface area contributed by atoms with E-state index in [1.54, 1.807) is 29.2 Å². The second-order valence-electron chi connectivity index (χ2n) is 6.57. The van der Waals surface area contributed by atoms with E-state index in [2.05, 4.69) is 0 Å². The van der Waals surface area contributed by atoms with Crippen LogP contribution >= 0.6 is 0 Å². The summed E-state index contributed by atoms with van der Waals surface area (Å²) < 4.78 is 5.15. The zero-order chi connectivity index (χ0) is 18.7. The molecule has 1 heterocycles. The monoisotopic (exact) mass is 351 g/mol. The van der Waals surface area contributed by atoms with Crippen molar-refractivity contribution < 1.29 is 19.1 Å². The van der Waals surface area contributed by atoms with Crippen LogP contribution < -0.4 is 4.90 Å². The van der Waals surface area contributed by atoms with Gasteiger partial charge < -0.3 is 9.64 Å². The number of rotatable bonds is 5. The van der Waals surface area contributed by atoms with Gasteiger partial charge in [0.2, 0.25) is 5.91 Å². The largest absolute Gasteiger partial charge is 0.457 e. The molecule has 1 aliphatic rings. The lowest BCUT2D eigenvalue weighted by Gasteiger charge is -2.17. The summed E-state index contributed by atoms with van der Waals surface area (Å²) >= 11 is 0. The minimum absolute atomic E-state index is 0.102. The van der Waals surface area contributed by atoms with Gasteiger partial charge in [-0.05, 0) is 37.1 Å². The van der Waals surface area contributed by atoms with Gasteiger partial charge in [0.15, 0.2) is 12.4 Å². The number of carbonyl (C=O) groups excluding carboxylic acids is 3. The van der Waals surface area contributed by atoms with Gasteiger partial charge in [0, 0.05) is 24.2 Å². The molecule has 134 valence electrons. The summed E-state index contributed by atoms with van der Waals surface area (Å²) in [5.74, 6) is -1.42. The van der Waals surface area contributed by atoms with E-state index in [0.717, 1.165) is 16.8 Å². The number of nitrogens with zero attached hydrogens (tertiary/aromatic N) is 1. The van der Waals surface area contributed by atoms with Crippen molar-refractivity contribution in [1.82, 2.24) is 0 Å². The Bertz CT molecular complexity index is 844. The summed E-state index contributed by atoms with van der Waals surface area (Å²) in [6, 6.07) is 14.5. The molecule has 1 fully saturated rings. The van der Waals surface area contributed by atoms with Crippen LogP contribution in [0.4, 0.5) is 5.69 Å². The van der Waals surface area contributed by atoms with E-state index in [9.17, 15) is 14.4 Å². The molecule has 0 bridgehead atoms. The van der Waals surface area contributed by atoms with Crippen molar-refractivity contribution in [1.29, 1.82) is 0 Å². The van der Waals surface area contributed by atoms with Crippen LogP contribution in [0.3, 0.4) is 0 Å². The smallest absolute Gasteiger partial charge is 0.311 e. The Morgan fingerprint density at radius 2 is 1.81 bits per heavy atom. The van der Waals surface area contributed by atoms with Crippen LogP contribution in [0.15, 0.2) is 48.5 Å². The maximum absolute atomic E-state index is 12.3. The van der Waals surface area contributed by atoms with Crippen LogP contribution in [-0.2, 0) is 14.3 Å². The molecule has 2 aromatic carbocycles. The number of esters is 1. The number of ketones is 1. The lowest BCUT2D eigenvalue weighted by Crippen LogP contribution is -2.27. The Balaban J connectivity index is 1.60. The fourth-order valence-corrected chi connectivity index (χ4v) is 2.97. The number of ether oxygens (including phenoxy) is 1. The number of carbonyl (C=O) groups is 3. The maximum Gasteiger partial charge on any atom is 0.311 e. The van der Waals surface area contributed by atoms with Gasteiger partial charge in [0.1, 0.15) is 0 Å². The van der Waals surface area contributed by atoms with Gasteiger partial charge in [-0.25, -0.2) is 0 Å². The van der Waals surface area contributed by atoms with Crippen LogP contribution in [0.2, 0.25) is 0 Å². The van der Waals surface area contributed by atoms with E-state index in [0.29, 0.717) is 5.56 Å². The second kappa shape index (κ2) is 7.52. The fourth-order valence-electron chi connectivity index (χ4n) is 2.97. The number of Topliss-reactive ketones (excluding diaryl/α,β-unsaturated/α-hetero) is 1. The topological polar surface area (TPSA) is 63.7 Å². The van der Waals surface area contributed by atoms with E-state index in [4.69, 9.17) is 4.74 Å². The summed E-state index contributed by atoms with van der Waals surface area (Å²) in [6.45, 7) is 3.96. The molecule has 0 aromatic heterocycles. The zero-order valence-electron chi connectivity index (χ0n) is 14.9. The molecule has 5 nitrogen and oxygen atoms in total. The first-order valence-electron chi connectivity index (χ1n) is 8.58. The molecule has 0 unspecified atom stereocenters. The Morgan fingerprint density at radius 1 is 1.08 bits per heavy atom. The summed E-state index contributed by atoms with van der Waals surface area (Å²) in [7, 11) is 0. The van der Waals surface area contributed by atoms with Gasteiger partial charge in [-0.1, -0.05) is 36.4 Å². The molecule has 1 amide bonds. The highest BCUT2D eigenvalue weighted by molar-refractivity contribution is 6.01. The minimum atomic E-state index is -0.548. The molecule has 0 N–H and O–H groups in total. The van der Waals surface area contributed by atoms with Crippen molar-refractivity contribution in [2.24, 2.45) is 5.92 Å². The lowest BCUT2D eigenvalue weighted by molar-refractivity contribution is -0.147. The molecular formula is C21H21NO4. The van der Waals surface area contributed by atoms with Crippen molar-refractivity contribution in [3.05, 3.63) is 65.2 Å². The Morgan fingerprint density at radius 3 is 2.50 bits per heavy atom. The van der Waals surface area contributed by atoms with E-state index >= 15 is 0 Å². The molecule has 1 atom stereocenters. The molecule has 3 rings (SSSR count). The highest BCUT2D eigenvalue weighted by Crippen LogP contribution is 2.27. The molecule has 0 radical (unpaired) electrons. The van der Waals surface area contributed by atoms with Gasteiger partial charge in [-0.15, -0.1) is 0 Å². The van der Waals surface area contributed by atoms with Gasteiger partial charge >= 0.3 is 5.97 Å². The quantitative estimate of drug-likeness (QED) is 0.613. The molecule has 1 saturated heterocycles. The summed E-state index contributed by atoms with van der Waals surface area (Å²) in [5, 5.41) is 0. The summed E-state index contributed by atoms with van der Waals surface area (Å²) in [4.78, 5) is 38.2. The highest BCUT2D eigenvalue weighted by atomic mass is 16.5. The first-order chi connectivity index (χ1) is 12.5. The Hall–Kier alpha value is -2.95. The average molecular weight is 351 g/mol. The normalized spacial score (nSPS) is 16.6. The SMILES string of the molecule is Cc1ccc(N2C[C@H](C(=O)OCC(=O)c3ccccc3)CC2=O)cc1C.